The lowest BCUT2D eigenvalue weighted by molar-refractivity contribution is -0.123. The Morgan fingerprint density at radius 3 is 2.52 bits per heavy atom. The van der Waals surface area contributed by atoms with Gasteiger partial charge in [0.2, 0.25) is 0 Å². The number of hydrogen-bond donors (Lipinski definition) is 0. The summed E-state index contributed by atoms with van der Waals surface area (Å²) in [6.07, 6.45) is 9.92. The molecule has 0 amide bonds. The lowest BCUT2D eigenvalue weighted by Crippen LogP contribution is -2.29. The van der Waals surface area contributed by atoms with E-state index < -0.39 is 0 Å². The summed E-state index contributed by atoms with van der Waals surface area (Å²) >= 11 is 0. The van der Waals surface area contributed by atoms with Gasteiger partial charge in [0.15, 0.2) is 0 Å². The van der Waals surface area contributed by atoms with Gasteiger partial charge in [-0.3, -0.25) is 4.79 Å². The first-order valence-electron chi connectivity index (χ1n) is 8.44. The van der Waals surface area contributed by atoms with E-state index in [2.05, 4.69) is 37.2 Å². The highest BCUT2D eigenvalue weighted by Gasteiger charge is 2.32. The van der Waals surface area contributed by atoms with Crippen LogP contribution in [0.3, 0.4) is 0 Å². The normalized spacial score (nSPS) is 23.2. The maximum Gasteiger partial charge on any atom is 0.143 e. The molecule has 0 atom stereocenters. The second-order valence-electron chi connectivity index (χ2n) is 7.59. The number of aryl methyl sites for hydroxylation is 1. The molecule has 1 heterocycles. The van der Waals surface area contributed by atoms with E-state index in [0.29, 0.717) is 17.6 Å². The summed E-state index contributed by atoms with van der Waals surface area (Å²) in [5.74, 6) is 2.37. The summed E-state index contributed by atoms with van der Waals surface area (Å²) in [4.78, 5) is 16.9. The van der Waals surface area contributed by atoms with Crippen LogP contribution in [0.25, 0.3) is 0 Å². The molecule has 0 N–H and O–H groups in total. The lowest BCUT2D eigenvalue weighted by Gasteiger charge is -2.36. The monoisotopic (exact) mass is 290 g/mol. The van der Waals surface area contributed by atoms with E-state index in [1.807, 2.05) is 12.4 Å². The lowest BCUT2D eigenvalue weighted by atomic mass is 9.69. The third-order valence-electron chi connectivity index (χ3n) is 5.01. The zero-order valence-electron chi connectivity index (χ0n) is 14.1. The van der Waals surface area contributed by atoms with Crippen LogP contribution in [-0.2, 0) is 17.8 Å². The molecule has 1 aliphatic carbocycles. The Hall–Kier alpha value is -1.12. The van der Waals surface area contributed by atoms with E-state index >= 15 is 0 Å². The summed E-state index contributed by atoms with van der Waals surface area (Å²) in [6, 6.07) is 0. The fourth-order valence-corrected chi connectivity index (χ4v) is 3.53. The van der Waals surface area contributed by atoms with Gasteiger partial charge in [-0.15, -0.1) is 0 Å². The van der Waals surface area contributed by atoms with E-state index in [0.717, 1.165) is 37.5 Å². The van der Waals surface area contributed by atoms with Gasteiger partial charge in [-0.05, 0) is 43.4 Å². The largest absolute Gasteiger partial charge is 0.335 e. The van der Waals surface area contributed by atoms with Crippen LogP contribution >= 0.6 is 0 Å². The van der Waals surface area contributed by atoms with E-state index in [1.165, 1.54) is 12.8 Å². The number of nitrogens with zero attached hydrogens (tertiary/aromatic N) is 2. The maximum atomic E-state index is 12.5. The number of carbonyl (C=O) groups is 1. The predicted molar refractivity (Wildman–Crippen MR) is 86.1 cm³/mol. The van der Waals surface area contributed by atoms with Gasteiger partial charge < -0.3 is 4.57 Å². The molecule has 3 heteroatoms. The van der Waals surface area contributed by atoms with Crippen molar-refractivity contribution < 1.29 is 4.79 Å². The van der Waals surface area contributed by atoms with E-state index in [9.17, 15) is 4.79 Å². The van der Waals surface area contributed by atoms with Crippen LogP contribution < -0.4 is 0 Å². The number of ketones is 1. The second kappa shape index (κ2) is 6.76. The van der Waals surface area contributed by atoms with Crippen molar-refractivity contribution >= 4 is 5.78 Å². The quantitative estimate of drug-likeness (QED) is 0.812. The minimum Gasteiger partial charge on any atom is -0.335 e. The summed E-state index contributed by atoms with van der Waals surface area (Å²) in [5.41, 5.74) is 0.380. The first-order chi connectivity index (χ1) is 9.91. The molecule has 0 radical (unpaired) electrons. The smallest absolute Gasteiger partial charge is 0.143 e. The summed E-state index contributed by atoms with van der Waals surface area (Å²) in [5, 5.41) is 0. The molecule has 0 unspecified atom stereocenters. The molecule has 0 aromatic carbocycles. The first kappa shape index (κ1) is 16.3. The highest BCUT2D eigenvalue weighted by Crippen LogP contribution is 2.40. The topological polar surface area (TPSA) is 34.9 Å². The fourth-order valence-electron chi connectivity index (χ4n) is 3.53. The fraction of sp³-hybridized carbons (Fsp3) is 0.778. The highest BCUT2D eigenvalue weighted by molar-refractivity contribution is 5.82. The first-order valence-corrected chi connectivity index (χ1v) is 8.44. The van der Waals surface area contributed by atoms with Crippen molar-refractivity contribution in [2.75, 3.05) is 0 Å². The van der Waals surface area contributed by atoms with Gasteiger partial charge in [0.25, 0.3) is 0 Å². The van der Waals surface area contributed by atoms with Gasteiger partial charge in [-0.2, -0.15) is 0 Å². The number of carbonyl (C=O) groups excluding carboxylic acids is 1. The SMILES string of the molecule is CCCn1ccnc1CC(=O)C1CCC(C(C)(C)C)CC1. The number of Topliss-reactive ketones (excluding diaryl/α,β-unsaturated/α-hetero) is 1. The van der Waals surface area contributed by atoms with Crippen molar-refractivity contribution in [1.82, 2.24) is 9.55 Å². The summed E-state index contributed by atoms with van der Waals surface area (Å²) in [6.45, 7) is 10.1. The number of hydrogen-bond acceptors (Lipinski definition) is 2. The molecular formula is C18H30N2O. The van der Waals surface area contributed by atoms with Gasteiger partial charge >= 0.3 is 0 Å². The molecule has 0 aliphatic heterocycles. The van der Waals surface area contributed by atoms with Gasteiger partial charge in [0.1, 0.15) is 11.6 Å². The molecule has 1 aliphatic rings. The van der Waals surface area contributed by atoms with Crippen LogP contribution in [0.2, 0.25) is 0 Å². The molecular weight excluding hydrogens is 260 g/mol. The molecule has 21 heavy (non-hydrogen) atoms. The predicted octanol–water partition coefficient (Wildman–Crippen LogP) is 4.26. The Bertz CT molecular complexity index is 462. The Morgan fingerprint density at radius 2 is 1.95 bits per heavy atom. The Morgan fingerprint density at radius 1 is 1.29 bits per heavy atom. The molecule has 2 rings (SSSR count). The van der Waals surface area contributed by atoms with Gasteiger partial charge in [-0.25, -0.2) is 4.98 Å². The molecule has 0 spiro atoms. The number of rotatable bonds is 5. The molecule has 0 bridgehead atoms. The van der Waals surface area contributed by atoms with Gasteiger partial charge in [-0.1, -0.05) is 27.7 Å². The highest BCUT2D eigenvalue weighted by atomic mass is 16.1. The molecule has 3 nitrogen and oxygen atoms in total. The van der Waals surface area contributed by atoms with Crippen molar-refractivity contribution in [3.63, 3.8) is 0 Å². The van der Waals surface area contributed by atoms with Crippen LogP contribution in [0, 0.1) is 17.3 Å². The van der Waals surface area contributed by atoms with Gasteiger partial charge in [0.05, 0.1) is 6.42 Å². The standard InChI is InChI=1S/C18H30N2O/c1-5-11-20-12-10-19-17(20)13-16(21)14-6-8-15(9-7-14)18(2,3)4/h10,12,14-15H,5-9,11,13H2,1-4H3. The van der Waals surface area contributed by atoms with E-state index in [1.54, 1.807) is 0 Å². The van der Waals surface area contributed by atoms with Crippen molar-refractivity contribution in [3.8, 4) is 0 Å². The van der Waals surface area contributed by atoms with Crippen LogP contribution in [0.4, 0.5) is 0 Å². The zero-order valence-corrected chi connectivity index (χ0v) is 14.1. The Balaban J connectivity index is 1.89. The third kappa shape index (κ3) is 4.18. The molecule has 1 aromatic heterocycles. The molecule has 118 valence electrons. The van der Waals surface area contributed by atoms with E-state index in [4.69, 9.17) is 0 Å². The zero-order chi connectivity index (χ0) is 15.5. The minimum absolute atomic E-state index is 0.260. The van der Waals surface area contributed by atoms with Gasteiger partial charge in [0, 0.05) is 24.9 Å². The van der Waals surface area contributed by atoms with Crippen LogP contribution in [0.15, 0.2) is 12.4 Å². The molecule has 1 saturated carbocycles. The average Bonchev–Trinajstić information content (AvgIpc) is 2.86. The Kier molecular flexibility index (Phi) is 5.23. The van der Waals surface area contributed by atoms with Crippen LogP contribution in [0.1, 0.15) is 65.6 Å². The van der Waals surface area contributed by atoms with Crippen molar-refractivity contribution in [1.29, 1.82) is 0 Å². The van der Waals surface area contributed by atoms with Crippen LogP contribution in [-0.4, -0.2) is 15.3 Å². The number of imidazole rings is 1. The number of aromatic nitrogens is 2. The van der Waals surface area contributed by atoms with Crippen molar-refractivity contribution in [3.05, 3.63) is 18.2 Å². The second-order valence-corrected chi connectivity index (χ2v) is 7.59. The van der Waals surface area contributed by atoms with E-state index in [-0.39, 0.29) is 5.92 Å². The maximum absolute atomic E-state index is 12.5. The third-order valence-corrected chi connectivity index (χ3v) is 5.01. The summed E-state index contributed by atoms with van der Waals surface area (Å²) in [7, 11) is 0. The molecule has 1 fully saturated rings. The van der Waals surface area contributed by atoms with Crippen molar-refractivity contribution in [2.24, 2.45) is 17.3 Å². The Labute approximate surface area is 129 Å². The molecule has 0 saturated heterocycles. The summed E-state index contributed by atoms with van der Waals surface area (Å²) < 4.78 is 2.12. The minimum atomic E-state index is 0.260. The average molecular weight is 290 g/mol. The molecule has 1 aromatic rings. The van der Waals surface area contributed by atoms with Crippen molar-refractivity contribution in [2.45, 2.75) is 72.8 Å². The van der Waals surface area contributed by atoms with Crippen LogP contribution in [0.5, 0.6) is 0 Å².